The summed E-state index contributed by atoms with van der Waals surface area (Å²) in [4.78, 5) is 0. The van der Waals surface area contributed by atoms with E-state index in [1.54, 1.807) is 0 Å². The molecule has 0 aliphatic carbocycles. The Bertz CT molecular complexity index is 382. The van der Waals surface area contributed by atoms with Gasteiger partial charge in [0.05, 0.1) is 16.1 Å². The van der Waals surface area contributed by atoms with Gasteiger partial charge in [0, 0.05) is 12.6 Å². The van der Waals surface area contributed by atoms with Crippen LogP contribution in [0.3, 0.4) is 0 Å². The molecule has 0 bridgehead atoms. The highest BCUT2D eigenvalue weighted by atomic mass is 35.5. The lowest BCUT2D eigenvalue weighted by Crippen LogP contribution is -2.20. The van der Waals surface area contributed by atoms with Crippen LogP contribution in [-0.4, -0.2) is 19.3 Å². The first-order valence-electron chi connectivity index (χ1n) is 6.81. The van der Waals surface area contributed by atoms with Gasteiger partial charge in [0.25, 0.3) is 0 Å². The summed E-state index contributed by atoms with van der Waals surface area (Å²) in [5, 5.41) is 4.71. The van der Waals surface area contributed by atoms with Crippen molar-refractivity contribution in [2.24, 2.45) is 0 Å². The molecule has 0 amide bonds. The lowest BCUT2D eigenvalue weighted by atomic mass is 10.1. The van der Waals surface area contributed by atoms with Crippen molar-refractivity contribution in [3.05, 3.63) is 33.8 Å². The molecule has 0 radical (unpaired) electrons. The molecule has 2 nitrogen and oxygen atoms in total. The second-order valence-corrected chi connectivity index (χ2v) is 5.73. The first kappa shape index (κ1) is 16.8. The molecule has 0 heterocycles. The van der Waals surface area contributed by atoms with Gasteiger partial charge in [0.1, 0.15) is 0 Å². The highest BCUT2D eigenvalue weighted by molar-refractivity contribution is 6.42. The molecular formula is C15H23Cl2NO. The van der Waals surface area contributed by atoms with Gasteiger partial charge in [-0.05, 0) is 51.8 Å². The topological polar surface area (TPSA) is 21.3 Å². The number of hydrogen-bond donors (Lipinski definition) is 1. The molecule has 108 valence electrons. The first-order chi connectivity index (χ1) is 9.02. The van der Waals surface area contributed by atoms with Crippen molar-refractivity contribution in [2.75, 3.05) is 13.2 Å². The smallest absolute Gasteiger partial charge is 0.0639 e. The molecule has 1 rings (SSSR count). The Hall–Kier alpha value is -0.280. The van der Waals surface area contributed by atoms with E-state index in [0.717, 1.165) is 31.6 Å². The summed E-state index contributed by atoms with van der Waals surface area (Å²) in [6.45, 7) is 7.99. The number of nitrogens with one attached hydrogen (secondary N) is 1. The molecular weight excluding hydrogens is 281 g/mol. The monoisotopic (exact) mass is 303 g/mol. The van der Waals surface area contributed by atoms with E-state index < -0.39 is 0 Å². The Morgan fingerprint density at radius 3 is 2.58 bits per heavy atom. The third kappa shape index (κ3) is 6.13. The molecule has 0 spiro atoms. The van der Waals surface area contributed by atoms with Crippen molar-refractivity contribution in [3.63, 3.8) is 0 Å². The molecule has 1 aromatic carbocycles. The number of ether oxygens (including phenoxy) is 1. The fourth-order valence-electron chi connectivity index (χ4n) is 1.83. The summed E-state index contributed by atoms with van der Waals surface area (Å²) in [6.07, 6.45) is 2.48. The number of rotatable bonds is 8. The predicted molar refractivity (Wildman–Crippen MR) is 83.2 cm³/mol. The van der Waals surface area contributed by atoms with Crippen LogP contribution in [-0.2, 0) is 4.74 Å². The van der Waals surface area contributed by atoms with Gasteiger partial charge in [-0.1, -0.05) is 35.3 Å². The molecule has 1 atom stereocenters. The van der Waals surface area contributed by atoms with Crippen molar-refractivity contribution in [3.8, 4) is 0 Å². The summed E-state index contributed by atoms with van der Waals surface area (Å²) >= 11 is 12.2. The molecule has 1 N–H and O–H groups in total. The van der Waals surface area contributed by atoms with E-state index in [4.69, 9.17) is 27.9 Å². The van der Waals surface area contributed by atoms with Crippen LogP contribution in [0.4, 0.5) is 0 Å². The highest BCUT2D eigenvalue weighted by Crippen LogP contribution is 2.29. The molecule has 4 heteroatoms. The van der Waals surface area contributed by atoms with Crippen LogP contribution in [0.5, 0.6) is 0 Å². The summed E-state index contributed by atoms with van der Waals surface area (Å²) in [7, 11) is 0. The molecule has 1 unspecified atom stereocenters. The SMILES string of the molecule is CC(C)OCCCCNC(C)c1cccc(Cl)c1Cl. The average Bonchev–Trinajstić information content (AvgIpc) is 2.36. The lowest BCUT2D eigenvalue weighted by molar-refractivity contribution is 0.0759. The third-order valence-corrected chi connectivity index (χ3v) is 3.75. The highest BCUT2D eigenvalue weighted by Gasteiger charge is 2.10. The predicted octanol–water partition coefficient (Wildman–Crippen LogP) is 4.85. The minimum absolute atomic E-state index is 0.206. The zero-order valence-corrected chi connectivity index (χ0v) is 13.4. The lowest BCUT2D eigenvalue weighted by Gasteiger charge is -2.16. The molecule has 0 aliphatic heterocycles. The Kier molecular flexibility index (Phi) is 7.77. The molecule has 0 saturated heterocycles. The normalized spacial score (nSPS) is 12.9. The molecule has 19 heavy (non-hydrogen) atoms. The first-order valence-corrected chi connectivity index (χ1v) is 7.57. The van der Waals surface area contributed by atoms with Crippen LogP contribution in [0.25, 0.3) is 0 Å². The maximum absolute atomic E-state index is 6.19. The van der Waals surface area contributed by atoms with Crippen molar-refractivity contribution < 1.29 is 4.74 Å². The quantitative estimate of drug-likeness (QED) is 0.693. The summed E-state index contributed by atoms with van der Waals surface area (Å²) in [6, 6.07) is 5.95. The summed E-state index contributed by atoms with van der Waals surface area (Å²) < 4.78 is 5.50. The van der Waals surface area contributed by atoms with Gasteiger partial charge in [-0.25, -0.2) is 0 Å². The number of hydrogen-bond acceptors (Lipinski definition) is 2. The van der Waals surface area contributed by atoms with Crippen molar-refractivity contribution >= 4 is 23.2 Å². The summed E-state index contributed by atoms with van der Waals surface area (Å²) in [5.74, 6) is 0. The van der Waals surface area contributed by atoms with Gasteiger partial charge in [0.15, 0.2) is 0 Å². The van der Waals surface area contributed by atoms with Gasteiger partial charge in [0.2, 0.25) is 0 Å². The van der Waals surface area contributed by atoms with E-state index >= 15 is 0 Å². The van der Waals surface area contributed by atoms with E-state index in [9.17, 15) is 0 Å². The number of halogens is 2. The third-order valence-electron chi connectivity index (χ3n) is 2.92. The minimum Gasteiger partial charge on any atom is -0.379 e. The van der Waals surface area contributed by atoms with Crippen LogP contribution < -0.4 is 5.32 Å². The average molecular weight is 304 g/mol. The number of unbranched alkanes of at least 4 members (excludes halogenated alkanes) is 1. The van der Waals surface area contributed by atoms with Crippen LogP contribution in [0.15, 0.2) is 18.2 Å². The van der Waals surface area contributed by atoms with E-state index in [1.807, 2.05) is 18.2 Å². The molecule has 1 aromatic rings. The van der Waals surface area contributed by atoms with Crippen LogP contribution >= 0.6 is 23.2 Å². The van der Waals surface area contributed by atoms with E-state index in [-0.39, 0.29) is 6.04 Å². The van der Waals surface area contributed by atoms with Gasteiger partial charge in [-0.3, -0.25) is 0 Å². The molecule has 0 aromatic heterocycles. The fourth-order valence-corrected chi connectivity index (χ4v) is 2.30. The number of benzene rings is 1. The van der Waals surface area contributed by atoms with Crippen LogP contribution in [0.1, 0.15) is 45.2 Å². The van der Waals surface area contributed by atoms with Gasteiger partial charge in [-0.15, -0.1) is 0 Å². The van der Waals surface area contributed by atoms with E-state index in [1.165, 1.54) is 0 Å². The van der Waals surface area contributed by atoms with Gasteiger partial charge < -0.3 is 10.1 Å². The van der Waals surface area contributed by atoms with Gasteiger partial charge >= 0.3 is 0 Å². The Balaban J connectivity index is 2.28. The second-order valence-electron chi connectivity index (χ2n) is 4.95. The Morgan fingerprint density at radius 2 is 1.89 bits per heavy atom. The maximum atomic E-state index is 6.19. The molecule has 0 aliphatic rings. The van der Waals surface area contributed by atoms with Crippen molar-refractivity contribution in [1.82, 2.24) is 5.32 Å². The van der Waals surface area contributed by atoms with Gasteiger partial charge in [-0.2, -0.15) is 0 Å². The Labute approximate surface area is 126 Å². The van der Waals surface area contributed by atoms with Crippen LogP contribution in [0, 0.1) is 0 Å². The van der Waals surface area contributed by atoms with Crippen molar-refractivity contribution in [1.29, 1.82) is 0 Å². The zero-order chi connectivity index (χ0) is 14.3. The van der Waals surface area contributed by atoms with Crippen LogP contribution in [0.2, 0.25) is 10.0 Å². The second kappa shape index (κ2) is 8.80. The molecule has 0 fully saturated rings. The Morgan fingerprint density at radius 1 is 1.16 bits per heavy atom. The minimum atomic E-state index is 0.206. The standard InChI is InChI=1S/C15H23Cl2NO/c1-11(2)19-10-5-4-9-18-12(3)13-7-6-8-14(16)15(13)17/h6-8,11-12,18H,4-5,9-10H2,1-3H3. The fraction of sp³-hybridized carbons (Fsp3) is 0.600. The summed E-state index contributed by atoms with van der Waals surface area (Å²) in [5.41, 5.74) is 1.05. The largest absolute Gasteiger partial charge is 0.379 e. The molecule has 0 saturated carbocycles. The van der Waals surface area contributed by atoms with Crippen molar-refractivity contribution in [2.45, 2.75) is 45.8 Å². The van der Waals surface area contributed by atoms with E-state index in [0.29, 0.717) is 16.1 Å². The maximum Gasteiger partial charge on any atom is 0.0639 e. The zero-order valence-electron chi connectivity index (χ0n) is 11.9. The van der Waals surface area contributed by atoms with E-state index in [2.05, 4.69) is 26.1 Å².